The first kappa shape index (κ1) is 29.4. The van der Waals surface area contributed by atoms with Crippen LogP contribution >= 0.6 is 12.6 Å². The van der Waals surface area contributed by atoms with Crippen LogP contribution in [0.3, 0.4) is 0 Å². The third-order valence-electron chi connectivity index (χ3n) is 5.08. The van der Waals surface area contributed by atoms with Gasteiger partial charge in [-0.3, -0.25) is 14.4 Å². The zero-order valence-electron chi connectivity index (χ0n) is 19.1. The molecule has 1 aromatic carbocycles. The van der Waals surface area contributed by atoms with Crippen LogP contribution in [0, 0.1) is 0 Å². The van der Waals surface area contributed by atoms with Crippen molar-refractivity contribution in [3.05, 3.63) is 35.9 Å². The summed E-state index contributed by atoms with van der Waals surface area (Å²) >= 11 is 3.93. The second-order valence-electron chi connectivity index (χ2n) is 7.95. The van der Waals surface area contributed by atoms with E-state index in [0.717, 1.165) is 0 Å². The van der Waals surface area contributed by atoms with E-state index in [1.54, 1.807) is 30.3 Å². The van der Waals surface area contributed by atoms with Crippen LogP contribution in [0.2, 0.25) is 0 Å². The van der Waals surface area contributed by atoms with E-state index in [0.29, 0.717) is 31.4 Å². The Kier molecular flexibility index (Phi) is 13.2. The molecule has 0 saturated heterocycles. The highest BCUT2D eigenvalue weighted by atomic mass is 32.1. The minimum atomic E-state index is -1.38. The van der Waals surface area contributed by atoms with Gasteiger partial charge in [-0.05, 0) is 31.9 Å². The predicted octanol–water partition coefficient (Wildman–Crippen LogP) is -1.46. The Balaban J connectivity index is 2.98. The molecule has 0 heterocycles. The van der Waals surface area contributed by atoms with Gasteiger partial charge in [-0.15, -0.1) is 0 Å². The molecular formula is C22H35N5O6S. The number of carboxylic acids is 1. The summed E-state index contributed by atoms with van der Waals surface area (Å²) in [6.45, 7) is 1.78. The zero-order chi connectivity index (χ0) is 25.7. The van der Waals surface area contributed by atoms with Crippen LogP contribution in [0.25, 0.3) is 0 Å². The van der Waals surface area contributed by atoms with Gasteiger partial charge in [0.05, 0.1) is 12.1 Å². The number of aliphatic hydroxyl groups is 1. The predicted molar refractivity (Wildman–Crippen MR) is 130 cm³/mol. The van der Waals surface area contributed by atoms with Crippen LogP contribution in [0.4, 0.5) is 0 Å². The lowest BCUT2D eigenvalue weighted by Crippen LogP contribution is -2.60. The molecule has 5 atom stereocenters. The van der Waals surface area contributed by atoms with Crippen molar-refractivity contribution in [1.29, 1.82) is 0 Å². The molecule has 0 aromatic heterocycles. The molecule has 0 aliphatic carbocycles. The number of nitrogens with two attached hydrogens (primary N) is 2. The van der Waals surface area contributed by atoms with Crippen molar-refractivity contribution in [3.8, 4) is 0 Å². The molecule has 0 aliphatic heterocycles. The van der Waals surface area contributed by atoms with Crippen LogP contribution in [0.5, 0.6) is 0 Å². The van der Waals surface area contributed by atoms with Gasteiger partial charge in [0.15, 0.2) is 0 Å². The molecule has 0 unspecified atom stereocenters. The number of thiol groups is 1. The number of carbonyl (C=O) groups excluding carboxylic acids is 3. The standard InChI is InChI=1S/C22H35N5O6S/c1-13(28)18(27-19(29)15(24)9-5-6-10-23)21(31)25-16(11-14-7-3-2-4-8-14)20(30)26-17(12-34)22(32)33/h2-4,7-8,13,15-18,28,34H,5-6,9-12,23-24H2,1H3,(H,25,31)(H,26,30)(H,27,29)(H,32,33)/t13-,15+,16+,17+,18+/m1/s1. The average molecular weight is 498 g/mol. The molecule has 1 rings (SSSR count). The van der Waals surface area contributed by atoms with E-state index in [2.05, 4.69) is 28.6 Å². The van der Waals surface area contributed by atoms with E-state index in [9.17, 15) is 29.4 Å². The normalized spacial score (nSPS) is 15.3. The molecule has 0 aliphatic rings. The third-order valence-corrected chi connectivity index (χ3v) is 5.45. The average Bonchev–Trinajstić information content (AvgIpc) is 2.80. The van der Waals surface area contributed by atoms with Crippen LogP contribution in [0.1, 0.15) is 31.7 Å². The van der Waals surface area contributed by atoms with E-state index in [1.165, 1.54) is 6.92 Å². The molecule has 0 radical (unpaired) electrons. The Bertz CT molecular complexity index is 810. The molecule has 34 heavy (non-hydrogen) atoms. The number of carboxylic acid groups (broad SMARTS) is 1. The molecule has 0 spiro atoms. The van der Waals surface area contributed by atoms with Gasteiger partial charge in [-0.2, -0.15) is 12.6 Å². The lowest BCUT2D eigenvalue weighted by molar-refractivity contribution is -0.141. The quantitative estimate of drug-likeness (QED) is 0.106. The SMILES string of the molecule is C[C@@H](O)[C@H](NC(=O)[C@@H](N)CCCCN)C(=O)N[C@@H](Cc1ccccc1)C(=O)N[C@@H](CS)C(=O)O. The number of aliphatic hydroxyl groups excluding tert-OH is 1. The van der Waals surface area contributed by atoms with E-state index in [4.69, 9.17) is 11.5 Å². The summed E-state index contributed by atoms with van der Waals surface area (Å²) in [6.07, 6.45) is 0.449. The molecule has 1 aromatic rings. The molecule has 190 valence electrons. The van der Waals surface area contributed by atoms with Gasteiger partial charge in [0, 0.05) is 12.2 Å². The molecule has 12 heteroatoms. The second kappa shape index (κ2) is 15.3. The Labute approximate surface area is 204 Å². The van der Waals surface area contributed by atoms with Gasteiger partial charge in [-0.25, -0.2) is 4.79 Å². The molecule has 0 fully saturated rings. The Hall–Kier alpha value is -2.67. The van der Waals surface area contributed by atoms with Crippen molar-refractivity contribution in [1.82, 2.24) is 16.0 Å². The molecule has 0 bridgehead atoms. The van der Waals surface area contributed by atoms with E-state index >= 15 is 0 Å². The van der Waals surface area contributed by atoms with Crippen LogP contribution in [0.15, 0.2) is 30.3 Å². The lowest BCUT2D eigenvalue weighted by Gasteiger charge is -2.26. The number of amides is 3. The molecule has 9 N–H and O–H groups in total. The van der Waals surface area contributed by atoms with Gasteiger partial charge < -0.3 is 37.6 Å². The Morgan fingerprint density at radius 2 is 1.59 bits per heavy atom. The summed E-state index contributed by atoms with van der Waals surface area (Å²) in [5.41, 5.74) is 12.0. The maximum atomic E-state index is 12.9. The van der Waals surface area contributed by atoms with Gasteiger partial charge in [0.25, 0.3) is 0 Å². The fourth-order valence-electron chi connectivity index (χ4n) is 3.08. The number of benzene rings is 1. The lowest BCUT2D eigenvalue weighted by atomic mass is 10.0. The summed E-state index contributed by atoms with van der Waals surface area (Å²) < 4.78 is 0. The van der Waals surface area contributed by atoms with E-state index in [1.807, 2.05) is 0 Å². The number of carbonyl (C=O) groups is 4. The number of rotatable bonds is 15. The third kappa shape index (κ3) is 10.1. The van der Waals surface area contributed by atoms with Crippen LogP contribution in [-0.4, -0.2) is 76.5 Å². The van der Waals surface area contributed by atoms with Crippen molar-refractivity contribution < 1.29 is 29.4 Å². The summed E-state index contributed by atoms with van der Waals surface area (Å²) in [5, 5.41) is 26.6. The minimum absolute atomic E-state index is 0.0520. The summed E-state index contributed by atoms with van der Waals surface area (Å²) in [7, 11) is 0. The number of aliphatic carboxylic acids is 1. The molecule has 11 nitrogen and oxygen atoms in total. The monoisotopic (exact) mass is 497 g/mol. The summed E-state index contributed by atoms with van der Waals surface area (Å²) in [6, 6.07) is 4.08. The largest absolute Gasteiger partial charge is 0.480 e. The van der Waals surface area contributed by atoms with Crippen molar-refractivity contribution in [3.63, 3.8) is 0 Å². The number of hydrogen-bond acceptors (Lipinski definition) is 8. The summed E-state index contributed by atoms with van der Waals surface area (Å²) in [5.74, 6) is -3.60. The highest BCUT2D eigenvalue weighted by Gasteiger charge is 2.32. The second-order valence-corrected chi connectivity index (χ2v) is 8.32. The Morgan fingerprint density at radius 1 is 0.971 bits per heavy atom. The highest BCUT2D eigenvalue weighted by molar-refractivity contribution is 7.80. The van der Waals surface area contributed by atoms with Gasteiger partial charge >= 0.3 is 5.97 Å². The van der Waals surface area contributed by atoms with Gasteiger partial charge in [0.1, 0.15) is 18.1 Å². The molecule has 0 saturated carbocycles. The minimum Gasteiger partial charge on any atom is -0.480 e. The molecular weight excluding hydrogens is 462 g/mol. The van der Waals surface area contributed by atoms with Crippen LogP contribution < -0.4 is 27.4 Å². The number of unbranched alkanes of at least 4 members (excludes halogenated alkanes) is 1. The van der Waals surface area contributed by atoms with Crippen molar-refractivity contribution >= 4 is 36.3 Å². The highest BCUT2D eigenvalue weighted by Crippen LogP contribution is 2.06. The zero-order valence-corrected chi connectivity index (χ0v) is 20.0. The van der Waals surface area contributed by atoms with Gasteiger partial charge in [0.2, 0.25) is 17.7 Å². The van der Waals surface area contributed by atoms with Crippen molar-refractivity contribution in [2.45, 2.75) is 62.9 Å². The maximum Gasteiger partial charge on any atom is 0.327 e. The summed E-state index contributed by atoms with van der Waals surface area (Å²) in [4.78, 5) is 49.5. The first-order valence-electron chi connectivity index (χ1n) is 11.0. The van der Waals surface area contributed by atoms with Crippen molar-refractivity contribution in [2.75, 3.05) is 12.3 Å². The number of nitrogens with one attached hydrogen (secondary N) is 3. The van der Waals surface area contributed by atoms with E-state index in [-0.39, 0.29) is 12.2 Å². The maximum absolute atomic E-state index is 12.9. The fourth-order valence-corrected chi connectivity index (χ4v) is 3.33. The van der Waals surface area contributed by atoms with Crippen LogP contribution in [-0.2, 0) is 25.6 Å². The topological polar surface area (TPSA) is 197 Å². The first-order chi connectivity index (χ1) is 16.1. The van der Waals surface area contributed by atoms with Gasteiger partial charge in [-0.1, -0.05) is 36.8 Å². The first-order valence-corrected chi connectivity index (χ1v) is 11.7. The number of hydrogen-bond donors (Lipinski definition) is 8. The smallest absolute Gasteiger partial charge is 0.327 e. The Morgan fingerprint density at radius 3 is 2.12 bits per heavy atom. The molecule has 3 amide bonds. The van der Waals surface area contributed by atoms with Crippen molar-refractivity contribution in [2.24, 2.45) is 11.5 Å². The van der Waals surface area contributed by atoms with E-state index < -0.39 is 54.0 Å². The fraction of sp³-hybridized carbons (Fsp3) is 0.545.